The summed E-state index contributed by atoms with van der Waals surface area (Å²) < 4.78 is 0. The molecule has 0 fully saturated rings. The summed E-state index contributed by atoms with van der Waals surface area (Å²) in [5, 5.41) is 0. The Morgan fingerprint density at radius 2 is 2.40 bits per heavy atom. The van der Waals surface area contributed by atoms with E-state index in [4.69, 9.17) is 5.73 Å². The van der Waals surface area contributed by atoms with Crippen LogP contribution < -0.4 is 5.73 Å². The van der Waals surface area contributed by atoms with E-state index in [0.717, 1.165) is 37.4 Å². The molecule has 2 N–H and O–H groups in total. The van der Waals surface area contributed by atoms with Crippen molar-refractivity contribution in [3.8, 4) is 0 Å². The third kappa shape index (κ3) is 2.09. The van der Waals surface area contributed by atoms with Gasteiger partial charge >= 0.3 is 0 Å². The van der Waals surface area contributed by atoms with E-state index >= 15 is 0 Å². The summed E-state index contributed by atoms with van der Waals surface area (Å²) in [7, 11) is 0. The second-order valence-electron chi connectivity index (χ2n) is 4.17. The molecule has 2 heterocycles. The molecule has 1 aliphatic rings. The molecule has 82 valence electrons. The number of nitrogens with zero attached hydrogens (tertiary/aromatic N) is 3. The Morgan fingerprint density at radius 3 is 3.13 bits per heavy atom. The smallest absolute Gasteiger partial charge is 0.142 e. The Hall–Kier alpha value is -1.16. The molecule has 1 aromatic heterocycles. The topological polar surface area (TPSA) is 55.0 Å². The number of likely N-dealkylation sites (N-methyl/N-ethyl adjacent to an activating group) is 1. The van der Waals surface area contributed by atoms with Gasteiger partial charge in [0.1, 0.15) is 5.82 Å². The maximum atomic E-state index is 5.66. The number of rotatable bonds is 1. The number of anilines is 1. The van der Waals surface area contributed by atoms with Crippen LogP contribution in [-0.4, -0.2) is 34.5 Å². The van der Waals surface area contributed by atoms with Crippen molar-refractivity contribution >= 4 is 5.82 Å². The van der Waals surface area contributed by atoms with E-state index in [2.05, 4.69) is 28.7 Å². The van der Waals surface area contributed by atoms with Crippen molar-refractivity contribution in [3.05, 3.63) is 17.6 Å². The highest BCUT2D eigenvalue weighted by atomic mass is 15.1. The summed E-state index contributed by atoms with van der Waals surface area (Å²) >= 11 is 0. The van der Waals surface area contributed by atoms with Crippen LogP contribution in [0, 0.1) is 0 Å². The fourth-order valence-electron chi connectivity index (χ4n) is 2.16. The lowest BCUT2D eigenvalue weighted by atomic mass is 10.1. The standard InChI is InChI=1S/C11H18N4/c1-3-15-5-4-9-11(8(2)7-15)13-6-10(12)14-9/h6,8H,3-5,7H2,1-2H3,(H2,12,14)/t8-/m1/s1. The van der Waals surface area contributed by atoms with Gasteiger partial charge in [0.05, 0.1) is 17.6 Å². The van der Waals surface area contributed by atoms with Gasteiger partial charge in [0.15, 0.2) is 0 Å². The summed E-state index contributed by atoms with van der Waals surface area (Å²) in [5.74, 6) is 0.987. The molecule has 0 saturated carbocycles. The maximum absolute atomic E-state index is 5.66. The van der Waals surface area contributed by atoms with Crippen molar-refractivity contribution in [1.29, 1.82) is 0 Å². The van der Waals surface area contributed by atoms with Crippen molar-refractivity contribution in [1.82, 2.24) is 14.9 Å². The van der Waals surface area contributed by atoms with E-state index in [0.29, 0.717) is 11.7 Å². The van der Waals surface area contributed by atoms with Crippen LogP contribution in [0.15, 0.2) is 6.20 Å². The molecule has 1 aromatic rings. The lowest BCUT2D eigenvalue weighted by Crippen LogP contribution is -2.27. The van der Waals surface area contributed by atoms with Gasteiger partial charge < -0.3 is 10.6 Å². The predicted molar refractivity (Wildman–Crippen MR) is 60.7 cm³/mol. The fourth-order valence-corrected chi connectivity index (χ4v) is 2.16. The summed E-state index contributed by atoms with van der Waals surface area (Å²) in [6, 6.07) is 0. The molecular weight excluding hydrogens is 188 g/mol. The Balaban J connectivity index is 2.30. The number of hydrogen-bond acceptors (Lipinski definition) is 4. The summed E-state index contributed by atoms with van der Waals surface area (Å²) in [6.07, 6.45) is 2.63. The van der Waals surface area contributed by atoms with Crippen molar-refractivity contribution in [2.24, 2.45) is 0 Å². The quantitative estimate of drug-likeness (QED) is 0.746. The molecule has 1 aliphatic heterocycles. The van der Waals surface area contributed by atoms with Gasteiger partial charge in [0.25, 0.3) is 0 Å². The molecule has 4 nitrogen and oxygen atoms in total. The van der Waals surface area contributed by atoms with Crippen LogP contribution in [0.1, 0.15) is 31.2 Å². The second kappa shape index (κ2) is 4.14. The van der Waals surface area contributed by atoms with Gasteiger partial charge in [-0.15, -0.1) is 0 Å². The Bertz CT molecular complexity index is 350. The van der Waals surface area contributed by atoms with Crippen LogP contribution in [0.2, 0.25) is 0 Å². The molecule has 15 heavy (non-hydrogen) atoms. The highest BCUT2D eigenvalue weighted by Gasteiger charge is 2.21. The molecule has 0 unspecified atom stereocenters. The molecule has 0 aliphatic carbocycles. The van der Waals surface area contributed by atoms with Crippen LogP contribution >= 0.6 is 0 Å². The van der Waals surface area contributed by atoms with Crippen LogP contribution in [0.5, 0.6) is 0 Å². The highest BCUT2D eigenvalue weighted by Crippen LogP contribution is 2.22. The first kappa shape index (κ1) is 10.4. The number of nitrogens with two attached hydrogens (primary N) is 1. The van der Waals surface area contributed by atoms with E-state index < -0.39 is 0 Å². The van der Waals surface area contributed by atoms with E-state index in [-0.39, 0.29) is 0 Å². The second-order valence-corrected chi connectivity index (χ2v) is 4.17. The average Bonchev–Trinajstić information content (AvgIpc) is 2.38. The number of nitrogen functional groups attached to an aromatic ring is 1. The highest BCUT2D eigenvalue weighted by molar-refractivity contribution is 5.30. The maximum Gasteiger partial charge on any atom is 0.142 e. The summed E-state index contributed by atoms with van der Waals surface area (Å²) in [5.41, 5.74) is 7.87. The molecule has 0 spiro atoms. The first-order chi connectivity index (χ1) is 7.20. The normalized spacial score (nSPS) is 22.1. The SMILES string of the molecule is CCN1CCc2nc(N)cnc2[C@H](C)C1. The van der Waals surface area contributed by atoms with Crippen molar-refractivity contribution in [2.75, 3.05) is 25.4 Å². The van der Waals surface area contributed by atoms with Gasteiger partial charge in [-0.05, 0) is 6.54 Å². The molecule has 4 heteroatoms. The molecule has 1 atom stereocenters. The summed E-state index contributed by atoms with van der Waals surface area (Å²) in [6.45, 7) is 7.62. The zero-order chi connectivity index (χ0) is 10.8. The van der Waals surface area contributed by atoms with Crippen LogP contribution in [-0.2, 0) is 6.42 Å². The summed E-state index contributed by atoms with van der Waals surface area (Å²) in [4.78, 5) is 11.2. The fraction of sp³-hybridized carbons (Fsp3) is 0.636. The molecule has 0 saturated heterocycles. The van der Waals surface area contributed by atoms with Gasteiger partial charge in [0, 0.05) is 25.4 Å². The zero-order valence-corrected chi connectivity index (χ0v) is 9.40. The van der Waals surface area contributed by atoms with Crippen molar-refractivity contribution < 1.29 is 0 Å². The van der Waals surface area contributed by atoms with E-state index in [1.165, 1.54) is 0 Å². The lowest BCUT2D eigenvalue weighted by Gasteiger charge is -2.19. The first-order valence-corrected chi connectivity index (χ1v) is 5.54. The molecule has 0 bridgehead atoms. The molecular formula is C11H18N4. The third-order valence-corrected chi connectivity index (χ3v) is 3.01. The van der Waals surface area contributed by atoms with E-state index in [1.807, 2.05) is 0 Å². The molecule has 0 aromatic carbocycles. The lowest BCUT2D eigenvalue weighted by molar-refractivity contribution is 0.285. The van der Waals surface area contributed by atoms with Gasteiger partial charge in [0.2, 0.25) is 0 Å². The number of hydrogen-bond donors (Lipinski definition) is 1. The van der Waals surface area contributed by atoms with E-state index in [1.54, 1.807) is 6.20 Å². The number of fused-ring (bicyclic) bond motifs is 1. The zero-order valence-electron chi connectivity index (χ0n) is 9.40. The largest absolute Gasteiger partial charge is 0.382 e. The van der Waals surface area contributed by atoms with Gasteiger partial charge in [-0.2, -0.15) is 0 Å². The Labute approximate surface area is 90.5 Å². The molecule has 0 radical (unpaired) electrons. The Kier molecular flexibility index (Phi) is 2.86. The molecule has 0 amide bonds. The predicted octanol–water partition coefficient (Wildman–Crippen LogP) is 1.04. The minimum atomic E-state index is 0.454. The minimum absolute atomic E-state index is 0.454. The van der Waals surface area contributed by atoms with E-state index in [9.17, 15) is 0 Å². The Morgan fingerprint density at radius 1 is 1.60 bits per heavy atom. The van der Waals surface area contributed by atoms with Gasteiger partial charge in [-0.1, -0.05) is 13.8 Å². The van der Waals surface area contributed by atoms with Crippen LogP contribution in [0.25, 0.3) is 0 Å². The molecule has 2 rings (SSSR count). The minimum Gasteiger partial charge on any atom is -0.382 e. The third-order valence-electron chi connectivity index (χ3n) is 3.01. The van der Waals surface area contributed by atoms with Crippen molar-refractivity contribution in [2.45, 2.75) is 26.2 Å². The number of aromatic nitrogens is 2. The van der Waals surface area contributed by atoms with Crippen LogP contribution in [0.3, 0.4) is 0 Å². The van der Waals surface area contributed by atoms with Crippen molar-refractivity contribution in [3.63, 3.8) is 0 Å². The van der Waals surface area contributed by atoms with Crippen LogP contribution in [0.4, 0.5) is 5.82 Å². The van der Waals surface area contributed by atoms with Gasteiger partial charge in [-0.3, -0.25) is 4.98 Å². The average molecular weight is 206 g/mol. The monoisotopic (exact) mass is 206 g/mol. The first-order valence-electron chi connectivity index (χ1n) is 5.54. The van der Waals surface area contributed by atoms with Gasteiger partial charge in [-0.25, -0.2) is 4.98 Å².